The molecule has 0 aliphatic rings. The van der Waals surface area contributed by atoms with Crippen molar-refractivity contribution in [3.63, 3.8) is 0 Å². The molecule has 0 radical (unpaired) electrons. The van der Waals surface area contributed by atoms with Gasteiger partial charge in [0.15, 0.2) is 0 Å². The fourth-order valence-corrected chi connectivity index (χ4v) is 1.94. The number of benzene rings is 1. The second kappa shape index (κ2) is 6.99. The van der Waals surface area contributed by atoms with Crippen LogP contribution >= 0.6 is 27.5 Å². The molecule has 17 heavy (non-hydrogen) atoms. The maximum Gasteiger partial charge on any atom is 0.224 e. The molecule has 94 valence electrons. The summed E-state index contributed by atoms with van der Waals surface area (Å²) in [6.07, 6.45) is 1.36. The van der Waals surface area contributed by atoms with Crippen molar-refractivity contribution in [3.05, 3.63) is 27.7 Å². The minimum atomic E-state index is -0.0171. The van der Waals surface area contributed by atoms with Gasteiger partial charge in [-0.1, -0.05) is 24.9 Å². The van der Waals surface area contributed by atoms with Gasteiger partial charge in [0.1, 0.15) is 0 Å². The zero-order valence-corrected chi connectivity index (χ0v) is 12.0. The van der Waals surface area contributed by atoms with E-state index in [1.165, 1.54) is 0 Å². The SMILES string of the molecule is CCC(CN)CC(=O)Nc1ccc(Cl)c(Br)c1. The molecular formula is C12H16BrClN2O. The minimum Gasteiger partial charge on any atom is -0.330 e. The van der Waals surface area contributed by atoms with Crippen LogP contribution in [0.4, 0.5) is 5.69 Å². The fraction of sp³-hybridized carbons (Fsp3) is 0.417. The lowest BCUT2D eigenvalue weighted by molar-refractivity contribution is -0.117. The molecule has 1 amide bonds. The second-order valence-electron chi connectivity index (χ2n) is 3.89. The van der Waals surface area contributed by atoms with Crippen LogP contribution in [0.15, 0.2) is 22.7 Å². The van der Waals surface area contributed by atoms with E-state index in [9.17, 15) is 4.79 Å². The van der Waals surface area contributed by atoms with E-state index >= 15 is 0 Å². The smallest absolute Gasteiger partial charge is 0.224 e. The Morgan fingerprint density at radius 3 is 2.82 bits per heavy atom. The van der Waals surface area contributed by atoms with Crippen molar-refractivity contribution in [3.8, 4) is 0 Å². The predicted molar refractivity (Wildman–Crippen MR) is 75.2 cm³/mol. The zero-order chi connectivity index (χ0) is 12.8. The minimum absolute atomic E-state index is 0.0171. The molecule has 0 saturated carbocycles. The number of nitrogens with two attached hydrogens (primary N) is 1. The van der Waals surface area contributed by atoms with Gasteiger partial charge < -0.3 is 11.1 Å². The Labute approximate surface area is 115 Å². The number of rotatable bonds is 5. The van der Waals surface area contributed by atoms with E-state index < -0.39 is 0 Å². The number of hydrogen-bond donors (Lipinski definition) is 2. The summed E-state index contributed by atoms with van der Waals surface area (Å²) < 4.78 is 0.767. The summed E-state index contributed by atoms with van der Waals surface area (Å²) in [6.45, 7) is 2.57. The summed E-state index contributed by atoms with van der Waals surface area (Å²) in [7, 11) is 0. The lowest BCUT2D eigenvalue weighted by Gasteiger charge is -2.12. The number of amides is 1. The molecule has 0 aliphatic heterocycles. The van der Waals surface area contributed by atoms with Gasteiger partial charge in [-0.15, -0.1) is 0 Å². The van der Waals surface area contributed by atoms with E-state index in [2.05, 4.69) is 21.2 Å². The summed E-state index contributed by atoms with van der Waals surface area (Å²) in [4.78, 5) is 11.7. The van der Waals surface area contributed by atoms with Crippen LogP contribution in [0.2, 0.25) is 5.02 Å². The Morgan fingerprint density at radius 1 is 1.59 bits per heavy atom. The number of anilines is 1. The van der Waals surface area contributed by atoms with Gasteiger partial charge in [0.05, 0.1) is 5.02 Å². The molecule has 1 aromatic carbocycles. The molecule has 0 aliphatic carbocycles. The van der Waals surface area contributed by atoms with Gasteiger partial charge in [0.2, 0.25) is 5.91 Å². The van der Waals surface area contributed by atoms with E-state index in [1.54, 1.807) is 18.2 Å². The first-order valence-electron chi connectivity index (χ1n) is 5.51. The Kier molecular flexibility index (Phi) is 5.95. The molecule has 1 rings (SSSR count). The normalized spacial score (nSPS) is 12.2. The molecule has 0 aromatic heterocycles. The highest BCUT2D eigenvalue weighted by Crippen LogP contribution is 2.25. The first-order valence-corrected chi connectivity index (χ1v) is 6.68. The molecule has 1 aromatic rings. The fourth-order valence-electron chi connectivity index (χ4n) is 1.44. The van der Waals surface area contributed by atoms with Crippen LogP contribution in [0.1, 0.15) is 19.8 Å². The van der Waals surface area contributed by atoms with Crippen molar-refractivity contribution in [1.82, 2.24) is 0 Å². The number of halogens is 2. The van der Waals surface area contributed by atoms with Crippen molar-refractivity contribution >= 4 is 39.1 Å². The molecule has 3 nitrogen and oxygen atoms in total. The first kappa shape index (κ1) is 14.5. The predicted octanol–water partition coefficient (Wildman–Crippen LogP) is 3.42. The van der Waals surface area contributed by atoms with E-state index in [0.29, 0.717) is 18.0 Å². The number of hydrogen-bond acceptors (Lipinski definition) is 2. The van der Waals surface area contributed by atoms with Crippen LogP contribution in [0, 0.1) is 5.92 Å². The molecule has 0 spiro atoms. The van der Waals surface area contributed by atoms with Gasteiger partial charge in [-0.05, 0) is 46.6 Å². The average Bonchev–Trinajstić information content (AvgIpc) is 2.31. The summed E-state index contributed by atoms with van der Waals surface area (Å²) in [5.74, 6) is 0.224. The van der Waals surface area contributed by atoms with Crippen molar-refractivity contribution in [2.45, 2.75) is 19.8 Å². The Hall–Kier alpha value is -0.580. The Balaban J connectivity index is 2.58. The van der Waals surface area contributed by atoms with Crippen LogP contribution in [0.25, 0.3) is 0 Å². The van der Waals surface area contributed by atoms with Crippen molar-refractivity contribution in [2.75, 3.05) is 11.9 Å². The number of carbonyl (C=O) groups is 1. The van der Waals surface area contributed by atoms with Crippen LogP contribution in [0.3, 0.4) is 0 Å². The summed E-state index contributed by atoms with van der Waals surface area (Å²) in [5, 5.41) is 3.45. The van der Waals surface area contributed by atoms with Crippen molar-refractivity contribution < 1.29 is 4.79 Å². The topological polar surface area (TPSA) is 55.1 Å². The standard InChI is InChI=1S/C12H16BrClN2O/c1-2-8(7-15)5-12(17)16-9-3-4-11(14)10(13)6-9/h3-4,6,8H,2,5,7,15H2,1H3,(H,16,17). The first-order chi connectivity index (χ1) is 8.06. The Bertz CT molecular complexity index is 394. The summed E-state index contributed by atoms with van der Waals surface area (Å²) in [5.41, 5.74) is 6.30. The quantitative estimate of drug-likeness (QED) is 0.873. The van der Waals surface area contributed by atoms with E-state index in [4.69, 9.17) is 17.3 Å². The van der Waals surface area contributed by atoms with Crippen LogP contribution in [-0.2, 0) is 4.79 Å². The highest BCUT2D eigenvalue weighted by molar-refractivity contribution is 9.10. The lowest BCUT2D eigenvalue weighted by Crippen LogP contribution is -2.21. The van der Waals surface area contributed by atoms with Gasteiger partial charge in [0, 0.05) is 16.6 Å². The molecule has 0 fully saturated rings. The maximum absolute atomic E-state index is 11.7. The summed E-state index contributed by atoms with van der Waals surface area (Å²) >= 11 is 9.18. The third-order valence-corrected chi connectivity index (χ3v) is 3.80. The van der Waals surface area contributed by atoms with Gasteiger partial charge >= 0.3 is 0 Å². The van der Waals surface area contributed by atoms with Gasteiger partial charge in [-0.25, -0.2) is 0 Å². The highest BCUT2D eigenvalue weighted by atomic mass is 79.9. The van der Waals surface area contributed by atoms with Crippen molar-refractivity contribution in [2.24, 2.45) is 11.7 Å². The molecule has 1 unspecified atom stereocenters. The Morgan fingerprint density at radius 2 is 2.29 bits per heavy atom. The van der Waals surface area contributed by atoms with Crippen LogP contribution in [0.5, 0.6) is 0 Å². The average molecular weight is 320 g/mol. The second-order valence-corrected chi connectivity index (χ2v) is 5.15. The zero-order valence-electron chi connectivity index (χ0n) is 9.67. The van der Waals surface area contributed by atoms with Gasteiger partial charge in [-0.3, -0.25) is 4.79 Å². The molecule has 5 heteroatoms. The van der Waals surface area contributed by atoms with E-state index in [-0.39, 0.29) is 11.8 Å². The molecule has 0 bridgehead atoms. The largest absolute Gasteiger partial charge is 0.330 e. The van der Waals surface area contributed by atoms with Gasteiger partial charge in [-0.2, -0.15) is 0 Å². The third-order valence-electron chi connectivity index (χ3n) is 2.59. The molecule has 3 N–H and O–H groups in total. The molecule has 0 saturated heterocycles. The lowest BCUT2D eigenvalue weighted by atomic mass is 10.0. The molecule has 1 atom stereocenters. The highest BCUT2D eigenvalue weighted by Gasteiger charge is 2.11. The third kappa shape index (κ3) is 4.66. The van der Waals surface area contributed by atoms with Gasteiger partial charge in [0.25, 0.3) is 0 Å². The number of carbonyl (C=O) groups excluding carboxylic acids is 1. The van der Waals surface area contributed by atoms with E-state index in [1.807, 2.05) is 6.92 Å². The van der Waals surface area contributed by atoms with Crippen LogP contribution < -0.4 is 11.1 Å². The number of nitrogens with one attached hydrogen (secondary N) is 1. The monoisotopic (exact) mass is 318 g/mol. The summed E-state index contributed by atoms with van der Waals surface area (Å²) in [6, 6.07) is 5.29. The van der Waals surface area contributed by atoms with Crippen LogP contribution in [-0.4, -0.2) is 12.5 Å². The van der Waals surface area contributed by atoms with E-state index in [0.717, 1.165) is 16.6 Å². The molecular weight excluding hydrogens is 304 g/mol. The maximum atomic E-state index is 11.7. The van der Waals surface area contributed by atoms with Crippen molar-refractivity contribution in [1.29, 1.82) is 0 Å². The molecule has 0 heterocycles.